The Morgan fingerprint density at radius 1 is 0.737 bits per heavy atom. The lowest BCUT2D eigenvalue weighted by Crippen LogP contribution is -2.31. The van der Waals surface area contributed by atoms with Crippen LogP contribution in [0.3, 0.4) is 0 Å². The maximum atomic E-state index is 10.9. The number of carbonyl (C=O) groups excluding carboxylic acids is 3. The minimum atomic E-state index is -0.620. The van der Waals surface area contributed by atoms with Gasteiger partial charge in [-0.25, -0.2) is 14.4 Å². The predicted molar refractivity (Wildman–Crippen MR) is 64.7 cm³/mol. The Labute approximate surface area is 110 Å². The highest BCUT2D eigenvalue weighted by atomic mass is 16.6. The van der Waals surface area contributed by atoms with Crippen LogP contribution < -0.4 is 16.0 Å². The van der Waals surface area contributed by atoms with Crippen LogP contribution in [0, 0.1) is 5.92 Å². The molecule has 0 bridgehead atoms. The quantitative estimate of drug-likeness (QED) is 0.573. The van der Waals surface area contributed by atoms with Gasteiger partial charge in [0.1, 0.15) is 19.8 Å². The molecule has 3 N–H and O–H groups in total. The van der Waals surface area contributed by atoms with Crippen LogP contribution in [0.5, 0.6) is 0 Å². The van der Waals surface area contributed by atoms with Crippen molar-refractivity contribution in [1.82, 2.24) is 16.0 Å². The van der Waals surface area contributed by atoms with Gasteiger partial charge in [-0.05, 0) is 0 Å². The van der Waals surface area contributed by atoms with Crippen molar-refractivity contribution in [3.63, 3.8) is 0 Å². The summed E-state index contributed by atoms with van der Waals surface area (Å²) >= 11 is 0. The number of rotatable bonds is 6. The first kappa shape index (κ1) is 16.8. The van der Waals surface area contributed by atoms with E-state index in [1.165, 1.54) is 21.1 Å². The average Bonchev–Trinajstić information content (AvgIpc) is 2.44. The first-order valence-electron chi connectivity index (χ1n) is 5.57. The Kier molecular flexibility index (Phi) is 8.67. The molecule has 0 saturated heterocycles. The summed E-state index contributed by atoms with van der Waals surface area (Å²) < 4.78 is 14.4. The molecule has 0 heterocycles. The second kappa shape index (κ2) is 9.80. The van der Waals surface area contributed by atoms with Crippen molar-refractivity contribution < 1.29 is 28.6 Å². The van der Waals surface area contributed by atoms with E-state index in [0.717, 1.165) is 0 Å². The van der Waals surface area contributed by atoms with Gasteiger partial charge in [0.25, 0.3) is 0 Å². The molecule has 0 aromatic heterocycles. The van der Waals surface area contributed by atoms with Gasteiger partial charge < -0.3 is 30.2 Å². The molecule has 0 aliphatic rings. The fraction of sp³-hybridized carbons (Fsp3) is 0.700. The van der Waals surface area contributed by atoms with E-state index in [1.807, 2.05) is 0 Å². The van der Waals surface area contributed by atoms with Gasteiger partial charge in [-0.2, -0.15) is 0 Å². The summed E-state index contributed by atoms with van der Waals surface area (Å²) in [6.45, 7) is -0.144. The minimum absolute atomic E-state index is 0.0480. The highest BCUT2D eigenvalue weighted by molar-refractivity contribution is 5.67. The molecule has 0 aliphatic heterocycles. The van der Waals surface area contributed by atoms with Gasteiger partial charge in [-0.1, -0.05) is 0 Å². The van der Waals surface area contributed by atoms with Crippen molar-refractivity contribution >= 4 is 18.3 Å². The van der Waals surface area contributed by atoms with E-state index in [-0.39, 0.29) is 19.8 Å². The summed E-state index contributed by atoms with van der Waals surface area (Å²) in [4.78, 5) is 32.8. The Bertz CT molecular complexity index is 262. The average molecular weight is 277 g/mol. The topological polar surface area (TPSA) is 115 Å². The molecule has 0 rings (SSSR count). The van der Waals surface area contributed by atoms with Crippen molar-refractivity contribution in [2.24, 2.45) is 5.92 Å². The normalized spacial score (nSPS) is 9.47. The Hall–Kier alpha value is -2.19. The third kappa shape index (κ3) is 8.52. The molecule has 0 atom stereocenters. The monoisotopic (exact) mass is 277 g/mol. The Morgan fingerprint density at radius 2 is 1.00 bits per heavy atom. The zero-order chi connectivity index (χ0) is 14.7. The molecule has 9 nitrogen and oxygen atoms in total. The summed E-state index contributed by atoms with van der Waals surface area (Å²) in [6.07, 6.45) is -1.86. The van der Waals surface area contributed by atoms with Crippen LogP contribution in [0.25, 0.3) is 0 Å². The zero-order valence-electron chi connectivity index (χ0n) is 11.1. The number of amides is 3. The summed E-state index contributed by atoms with van der Waals surface area (Å²) in [5, 5.41) is 6.81. The van der Waals surface area contributed by atoms with Gasteiger partial charge in [-0.15, -0.1) is 0 Å². The molecular formula is C10H19N3O6. The first-order chi connectivity index (χ1) is 9.03. The fourth-order valence-electron chi connectivity index (χ4n) is 0.941. The number of hydrogen-bond acceptors (Lipinski definition) is 6. The van der Waals surface area contributed by atoms with Gasteiger partial charge in [-0.3, -0.25) is 0 Å². The van der Waals surface area contributed by atoms with E-state index in [0.29, 0.717) is 0 Å². The molecule has 0 aliphatic carbocycles. The third-order valence-electron chi connectivity index (χ3n) is 1.96. The number of alkyl carbamates (subject to hydrolysis) is 3. The van der Waals surface area contributed by atoms with Crippen molar-refractivity contribution in [2.75, 3.05) is 41.0 Å². The van der Waals surface area contributed by atoms with Crippen molar-refractivity contribution in [3.8, 4) is 0 Å². The van der Waals surface area contributed by atoms with Crippen LogP contribution >= 0.6 is 0 Å². The van der Waals surface area contributed by atoms with Crippen LogP contribution in [0.1, 0.15) is 0 Å². The van der Waals surface area contributed by atoms with E-state index in [4.69, 9.17) is 14.2 Å². The Balaban J connectivity index is 4.16. The van der Waals surface area contributed by atoms with Crippen LogP contribution in [-0.4, -0.2) is 59.2 Å². The molecule has 9 heteroatoms. The Morgan fingerprint density at radius 3 is 1.21 bits per heavy atom. The molecule has 0 radical (unpaired) electrons. The standard InChI is InChI=1S/C10H19N3O6/c1-11-8(14)17-4-7(5-18-9(15)12-2)6-19-10(16)13-3/h7H,4-6H2,1-3H3,(H,11,14)(H,12,15)(H,13,16). The van der Waals surface area contributed by atoms with E-state index in [9.17, 15) is 14.4 Å². The summed E-state index contributed by atoms with van der Waals surface area (Å²) in [5.74, 6) is -0.452. The van der Waals surface area contributed by atoms with Crippen molar-refractivity contribution in [2.45, 2.75) is 0 Å². The third-order valence-corrected chi connectivity index (χ3v) is 1.96. The lowest BCUT2D eigenvalue weighted by Gasteiger charge is -2.16. The van der Waals surface area contributed by atoms with Crippen molar-refractivity contribution in [1.29, 1.82) is 0 Å². The maximum absolute atomic E-state index is 10.9. The molecule has 0 unspecified atom stereocenters. The molecular weight excluding hydrogens is 258 g/mol. The minimum Gasteiger partial charge on any atom is -0.449 e. The molecule has 3 amide bonds. The van der Waals surface area contributed by atoms with Crippen LogP contribution in [-0.2, 0) is 14.2 Å². The van der Waals surface area contributed by atoms with Gasteiger partial charge in [0.15, 0.2) is 0 Å². The second-order valence-electron chi connectivity index (χ2n) is 3.41. The maximum Gasteiger partial charge on any atom is 0.406 e. The second-order valence-corrected chi connectivity index (χ2v) is 3.41. The summed E-state index contributed by atoms with van der Waals surface area (Å²) in [6, 6.07) is 0. The zero-order valence-corrected chi connectivity index (χ0v) is 11.1. The lowest BCUT2D eigenvalue weighted by atomic mass is 10.2. The van der Waals surface area contributed by atoms with Crippen molar-refractivity contribution in [3.05, 3.63) is 0 Å². The summed E-state index contributed by atoms with van der Waals surface area (Å²) in [7, 11) is 4.25. The largest absolute Gasteiger partial charge is 0.449 e. The lowest BCUT2D eigenvalue weighted by molar-refractivity contribution is 0.0517. The molecule has 0 saturated carbocycles. The first-order valence-corrected chi connectivity index (χ1v) is 5.57. The molecule has 0 aromatic carbocycles. The summed E-state index contributed by atoms with van der Waals surface area (Å²) in [5.41, 5.74) is 0. The highest BCUT2D eigenvalue weighted by Crippen LogP contribution is 2.01. The van der Waals surface area contributed by atoms with Crippen LogP contribution in [0.2, 0.25) is 0 Å². The van der Waals surface area contributed by atoms with Crippen LogP contribution in [0.4, 0.5) is 14.4 Å². The molecule has 0 spiro atoms. The van der Waals surface area contributed by atoms with E-state index in [2.05, 4.69) is 16.0 Å². The predicted octanol–water partition coefficient (Wildman–Crippen LogP) is -0.329. The number of ether oxygens (including phenoxy) is 3. The van der Waals surface area contributed by atoms with E-state index < -0.39 is 24.2 Å². The van der Waals surface area contributed by atoms with E-state index >= 15 is 0 Å². The molecule has 19 heavy (non-hydrogen) atoms. The number of carbonyl (C=O) groups is 3. The molecule has 0 aromatic rings. The van der Waals surface area contributed by atoms with E-state index in [1.54, 1.807) is 0 Å². The number of hydrogen-bond donors (Lipinski definition) is 3. The molecule has 110 valence electrons. The SMILES string of the molecule is CNC(=O)OCC(COC(=O)NC)COC(=O)NC. The fourth-order valence-corrected chi connectivity index (χ4v) is 0.941. The van der Waals surface area contributed by atoms with Gasteiger partial charge in [0, 0.05) is 21.1 Å². The van der Waals surface area contributed by atoms with Gasteiger partial charge in [0.05, 0.1) is 5.92 Å². The van der Waals surface area contributed by atoms with Gasteiger partial charge in [0.2, 0.25) is 0 Å². The van der Waals surface area contributed by atoms with Crippen LogP contribution in [0.15, 0.2) is 0 Å². The molecule has 0 fully saturated rings. The smallest absolute Gasteiger partial charge is 0.406 e. The highest BCUT2D eigenvalue weighted by Gasteiger charge is 2.16. The number of nitrogens with one attached hydrogen (secondary N) is 3. The van der Waals surface area contributed by atoms with Gasteiger partial charge >= 0.3 is 18.3 Å².